The van der Waals surface area contributed by atoms with E-state index >= 15 is 0 Å². The molecule has 0 radical (unpaired) electrons. The third-order valence-corrected chi connectivity index (χ3v) is 2.36. The van der Waals surface area contributed by atoms with Crippen LogP contribution >= 0.6 is 0 Å². The fourth-order valence-corrected chi connectivity index (χ4v) is 1.45. The van der Waals surface area contributed by atoms with Crippen LogP contribution in [0.4, 0.5) is 5.69 Å². The van der Waals surface area contributed by atoms with Crippen molar-refractivity contribution in [2.75, 3.05) is 18.5 Å². The molecule has 1 heterocycles. The number of nitrogens with zero attached hydrogens (tertiary/aromatic N) is 3. The van der Waals surface area contributed by atoms with E-state index in [9.17, 15) is 5.11 Å². The first-order valence-electron chi connectivity index (χ1n) is 5.03. The van der Waals surface area contributed by atoms with Gasteiger partial charge >= 0.3 is 0 Å². The summed E-state index contributed by atoms with van der Waals surface area (Å²) in [4.78, 5) is 0. The van der Waals surface area contributed by atoms with Gasteiger partial charge in [0.05, 0.1) is 18.2 Å². The Morgan fingerprint density at radius 3 is 3.06 bits per heavy atom. The van der Waals surface area contributed by atoms with Gasteiger partial charge < -0.3 is 15.5 Å². The Morgan fingerprint density at radius 2 is 2.31 bits per heavy atom. The molecule has 1 unspecified atom stereocenters. The molecule has 0 saturated heterocycles. The van der Waals surface area contributed by atoms with Gasteiger partial charge in [-0.2, -0.15) is 0 Å². The molecule has 0 spiro atoms. The lowest BCUT2D eigenvalue weighted by molar-refractivity contribution is 0.105. The summed E-state index contributed by atoms with van der Waals surface area (Å²) in [6.45, 7) is 0.0582. The molecular formula is C10H14N4O2. The SMILES string of the molecule is Cn1nnc2cc(NCC(O)CO)ccc21. The van der Waals surface area contributed by atoms with E-state index in [1.807, 2.05) is 25.2 Å². The molecule has 2 aromatic rings. The minimum absolute atomic E-state index is 0.250. The highest BCUT2D eigenvalue weighted by Gasteiger charge is 2.04. The maximum atomic E-state index is 9.19. The molecule has 0 aliphatic carbocycles. The minimum Gasteiger partial charge on any atom is -0.394 e. The molecule has 1 aromatic heterocycles. The second-order valence-corrected chi connectivity index (χ2v) is 3.63. The lowest BCUT2D eigenvalue weighted by atomic mass is 10.2. The van der Waals surface area contributed by atoms with Gasteiger partial charge in [-0.25, -0.2) is 4.68 Å². The van der Waals surface area contributed by atoms with Crippen molar-refractivity contribution in [3.63, 3.8) is 0 Å². The van der Waals surface area contributed by atoms with E-state index in [2.05, 4.69) is 15.6 Å². The molecule has 16 heavy (non-hydrogen) atoms. The lowest BCUT2D eigenvalue weighted by Crippen LogP contribution is -2.22. The Labute approximate surface area is 92.5 Å². The van der Waals surface area contributed by atoms with Crippen molar-refractivity contribution in [3.8, 4) is 0 Å². The summed E-state index contributed by atoms with van der Waals surface area (Å²) in [5, 5.41) is 28.8. The van der Waals surface area contributed by atoms with Gasteiger partial charge in [0.2, 0.25) is 0 Å². The zero-order chi connectivity index (χ0) is 11.5. The molecule has 0 fully saturated rings. The predicted octanol–water partition coefficient (Wildman–Crippen LogP) is -0.267. The number of anilines is 1. The molecule has 0 bridgehead atoms. The Kier molecular flexibility index (Phi) is 3.02. The fraction of sp³-hybridized carbons (Fsp3) is 0.400. The summed E-state index contributed by atoms with van der Waals surface area (Å²) in [6.07, 6.45) is -0.752. The van der Waals surface area contributed by atoms with Crippen LogP contribution in [0.2, 0.25) is 0 Å². The Hall–Kier alpha value is -1.66. The van der Waals surface area contributed by atoms with Crippen LogP contribution in [0.5, 0.6) is 0 Å². The summed E-state index contributed by atoms with van der Waals surface area (Å²) < 4.78 is 1.70. The second-order valence-electron chi connectivity index (χ2n) is 3.63. The molecule has 1 aromatic carbocycles. The zero-order valence-electron chi connectivity index (χ0n) is 8.96. The summed E-state index contributed by atoms with van der Waals surface area (Å²) in [5.41, 5.74) is 2.60. The Balaban J connectivity index is 2.14. The van der Waals surface area contributed by atoms with E-state index in [-0.39, 0.29) is 6.61 Å². The van der Waals surface area contributed by atoms with Crippen molar-refractivity contribution in [2.24, 2.45) is 7.05 Å². The number of hydrogen-bond acceptors (Lipinski definition) is 5. The van der Waals surface area contributed by atoms with Crippen LogP contribution in [0.1, 0.15) is 0 Å². The minimum atomic E-state index is -0.752. The summed E-state index contributed by atoms with van der Waals surface area (Å²) in [5.74, 6) is 0. The van der Waals surface area contributed by atoms with E-state index in [0.29, 0.717) is 6.54 Å². The maximum absolute atomic E-state index is 9.19. The molecule has 6 heteroatoms. The number of hydrogen-bond donors (Lipinski definition) is 3. The Bertz CT molecular complexity index is 483. The van der Waals surface area contributed by atoms with Crippen LogP contribution in [0.15, 0.2) is 18.2 Å². The van der Waals surface area contributed by atoms with Crippen molar-refractivity contribution < 1.29 is 10.2 Å². The largest absolute Gasteiger partial charge is 0.394 e. The molecular weight excluding hydrogens is 208 g/mol. The normalized spacial score (nSPS) is 12.9. The van der Waals surface area contributed by atoms with E-state index < -0.39 is 6.10 Å². The van der Waals surface area contributed by atoms with Gasteiger partial charge in [0, 0.05) is 19.3 Å². The highest BCUT2D eigenvalue weighted by Crippen LogP contribution is 2.15. The maximum Gasteiger partial charge on any atom is 0.115 e. The lowest BCUT2D eigenvalue weighted by Gasteiger charge is -2.09. The van der Waals surface area contributed by atoms with Gasteiger partial charge in [-0.3, -0.25) is 0 Å². The number of rotatable bonds is 4. The van der Waals surface area contributed by atoms with Crippen molar-refractivity contribution in [1.82, 2.24) is 15.0 Å². The molecule has 0 aliphatic heterocycles. The monoisotopic (exact) mass is 222 g/mol. The predicted molar refractivity (Wildman–Crippen MR) is 60.1 cm³/mol. The average molecular weight is 222 g/mol. The number of aliphatic hydroxyl groups is 2. The van der Waals surface area contributed by atoms with E-state index in [4.69, 9.17) is 5.11 Å². The summed E-state index contributed by atoms with van der Waals surface area (Å²) >= 11 is 0. The van der Waals surface area contributed by atoms with E-state index in [1.165, 1.54) is 0 Å². The first-order chi connectivity index (χ1) is 7.70. The molecule has 2 rings (SSSR count). The molecule has 0 aliphatic rings. The van der Waals surface area contributed by atoms with Crippen molar-refractivity contribution in [1.29, 1.82) is 0 Å². The van der Waals surface area contributed by atoms with Gasteiger partial charge in [0.15, 0.2) is 0 Å². The third-order valence-electron chi connectivity index (χ3n) is 2.36. The number of aliphatic hydroxyl groups excluding tert-OH is 2. The highest BCUT2D eigenvalue weighted by molar-refractivity contribution is 5.78. The van der Waals surface area contributed by atoms with Crippen LogP contribution in [-0.2, 0) is 7.05 Å². The molecule has 3 N–H and O–H groups in total. The van der Waals surface area contributed by atoms with Crippen molar-refractivity contribution >= 4 is 16.7 Å². The van der Waals surface area contributed by atoms with E-state index in [1.54, 1.807) is 4.68 Å². The third kappa shape index (κ3) is 2.12. The van der Waals surface area contributed by atoms with Crippen LogP contribution < -0.4 is 5.32 Å². The fourth-order valence-electron chi connectivity index (χ4n) is 1.45. The molecule has 0 saturated carbocycles. The standard InChI is InChI=1S/C10H14N4O2/c1-14-10-3-2-7(4-9(10)12-13-14)11-5-8(16)6-15/h2-4,8,11,15-16H,5-6H2,1H3. The zero-order valence-corrected chi connectivity index (χ0v) is 8.96. The Morgan fingerprint density at radius 1 is 1.50 bits per heavy atom. The van der Waals surface area contributed by atoms with Gasteiger partial charge in [-0.15, -0.1) is 5.10 Å². The van der Waals surface area contributed by atoms with Crippen LogP contribution in [0.25, 0.3) is 11.0 Å². The number of fused-ring (bicyclic) bond motifs is 1. The van der Waals surface area contributed by atoms with Crippen LogP contribution in [-0.4, -0.2) is 44.5 Å². The molecule has 6 nitrogen and oxygen atoms in total. The number of nitrogens with one attached hydrogen (secondary N) is 1. The van der Waals surface area contributed by atoms with Gasteiger partial charge in [-0.05, 0) is 18.2 Å². The quantitative estimate of drug-likeness (QED) is 0.663. The molecule has 1 atom stereocenters. The number of benzene rings is 1. The van der Waals surface area contributed by atoms with Gasteiger partial charge in [0.25, 0.3) is 0 Å². The highest BCUT2D eigenvalue weighted by atomic mass is 16.3. The first-order valence-corrected chi connectivity index (χ1v) is 5.03. The van der Waals surface area contributed by atoms with Crippen LogP contribution in [0.3, 0.4) is 0 Å². The van der Waals surface area contributed by atoms with Crippen molar-refractivity contribution in [2.45, 2.75) is 6.10 Å². The summed E-state index contributed by atoms with van der Waals surface area (Å²) in [7, 11) is 1.83. The van der Waals surface area contributed by atoms with Crippen molar-refractivity contribution in [3.05, 3.63) is 18.2 Å². The first kappa shape index (κ1) is 10.8. The van der Waals surface area contributed by atoms with Gasteiger partial charge in [-0.1, -0.05) is 5.21 Å². The smallest absolute Gasteiger partial charge is 0.115 e. The molecule has 86 valence electrons. The average Bonchev–Trinajstić information content (AvgIpc) is 2.67. The molecule has 0 amide bonds. The van der Waals surface area contributed by atoms with Gasteiger partial charge in [0.1, 0.15) is 5.52 Å². The summed E-state index contributed by atoms with van der Waals surface area (Å²) in [6, 6.07) is 5.64. The number of aryl methyl sites for hydroxylation is 1. The van der Waals surface area contributed by atoms with Crippen LogP contribution in [0, 0.1) is 0 Å². The number of aromatic nitrogens is 3. The second kappa shape index (κ2) is 4.46. The van der Waals surface area contributed by atoms with E-state index in [0.717, 1.165) is 16.7 Å². The topological polar surface area (TPSA) is 83.2 Å².